The zero-order valence-electron chi connectivity index (χ0n) is 20.0. The van der Waals surface area contributed by atoms with Crippen molar-refractivity contribution in [1.29, 1.82) is 0 Å². The first-order valence-corrected chi connectivity index (χ1v) is 12.1. The van der Waals surface area contributed by atoms with Crippen LogP contribution in [-0.2, 0) is 4.74 Å². The van der Waals surface area contributed by atoms with Crippen LogP contribution in [0.25, 0.3) is 16.2 Å². The van der Waals surface area contributed by atoms with Gasteiger partial charge in [-0.2, -0.15) is 0 Å². The Kier molecular flexibility index (Phi) is 6.62. The molecule has 0 bridgehead atoms. The number of nitrogens with zero attached hydrogens (tertiary/aromatic N) is 2. The summed E-state index contributed by atoms with van der Waals surface area (Å²) in [6.07, 6.45) is 1.24. The molecule has 182 valence electrons. The molecule has 0 fully saturated rings. The number of esters is 1. The van der Waals surface area contributed by atoms with E-state index in [1.54, 1.807) is 43.5 Å². The number of pyridine rings is 1. The number of aryl methyl sites for hydroxylation is 1. The van der Waals surface area contributed by atoms with Crippen LogP contribution in [0.3, 0.4) is 0 Å². The van der Waals surface area contributed by atoms with Gasteiger partial charge in [0.15, 0.2) is 4.88 Å². The standard InChI is InChI=1S/C26H25ClN2O5S/c1-14-22(29-11-10-16(24(30)31)12-21(29)28-14)20-13-19(23(35-20)25(32)34-26(3,4)5)33-15(2)17-8-6-7-9-18(17)27/h6-13,15H,1-5H3,(H,30,31). The fraction of sp³-hybridized carbons (Fsp3) is 0.269. The maximum Gasteiger partial charge on any atom is 0.352 e. The van der Waals surface area contributed by atoms with Crippen LogP contribution in [0.5, 0.6) is 5.75 Å². The molecule has 0 amide bonds. The van der Waals surface area contributed by atoms with Gasteiger partial charge in [0, 0.05) is 22.8 Å². The topological polar surface area (TPSA) is 90.1 Å². The highest BCUT2D eigenvalue weighted by Gasteiger charge is 2.27. The van der Waals surface area contributed by atoms with Crippen molar-refractivity contribution in [2.24, 2.45) is 0 Å². The molecular weight excluding hydrogens is 488 g/mol. The van der Waals surface area contributed by atoms with Crippen molar-refractivity contribution in [3.63, 3.8) is 0 Å². The number of carboxylic acid groups (broad SMARTS) is 1. The van der Waals surface area contributed by atoms with Gasteiger partial charge in [0.25, 0.3) is 0 Å². The lowest BCUT2D eigenvalue weighted by Crippen LogP contribution is -2.23. The summed E-state index contributed by atoms with van der Waals surface area (Å²) in [5.41, 5.74) is 2.19. The van der Waals surface area contributed by atoms with Gasteiger partial charge in [0.1, 0.15) is 23.1 Å². The van der Waals surface area contributed by atoms with Crippen molar-refractivity contribution in [2.45, 2.75) is 46.3 Å². The molecule has 1 N–H and O–H groups in total. The molecule has 3 heterocycles. The number of aromatic carboxylic acids is 1. The number of halogens is 1. The van der Waals surface area contributed by atoms with Crippen molar-refractivity contribution in [3.05, 3.63) is 75.4 Å². The quantitative estimate of drug-likeness (QED) is 0.285. The van der Waals surface area contributed by atoms with Crippen LogP contribution in [0.2, 0.25) is 5.02 Å². The van der Waals surface area contributed by atoms with E-state index in [2.05, 4.69) is 4.98 Å². The van der Waals surface area contributed by atoms with E-state index in [1.165, 1.54) is 23.5 Å². The number of aromatic nitrogens is 2. The van der Waals surface area contributed by atoms with Gasteiger partial charge >= 0.3 is 11.9 Å². The maximum atomic E-state index is 13.1. The molecular formula is C26H25ClN2O5S. The third-order valence-corrected chi connectivity index (χ3v) is 6.66. The first kappa shape index (κ1) is 24.8. The normalized spacial score (nSPS) is 12.5. The zero-order valence-corrected chi connectivity index (χ0v) is 21.5. The number of ether oxygens (including phenoxy) is 2. The van der Waals surface area contributed by atoms with Gasteiger partial charge in [0.2, 0.25) is 0 Å². The lowest BCUT2D eigenvalue weighted by atomic mass is 10.1. The number of carboxylic acids is 1. The van der Waals surface area contributed by atoms with Crippen LogP contribution in [0.1, 0.15) is 65.1 Å². The number of imidazole rings is 1. The fourth-order valence-electron chi connectivity index (χ4n) is 3.70. The number of benzene rings is 1. The van der Waals surface area contributed by atoms with Crippen molar-refractivity contribution >= 4 is 40.5 Å². The number of hydrogen-bond donors (Lipinski definition) is 1. The smallest absolute Gasteiger partial charge is 0.352 e. The summed E-state index contributed by atoms with van der Waals surface area (Å²) in [7, 11) is 0. The Balaban J connectivity index is 1.80. The SMILES string of the molecule is Cc1nc2cc(C(=O)O)ccn2c1-c1cc(OC(C)c2ccccc2Cl)c(C(=O)OC(C)(C)C)s1. The highest BCUT2D eigenvalue weighted by Crippen LogP contribution is 2.41. The molecule has 0 aliphatic carbocycles. The Morgan fingerprint density at radius 2 is 1.89 bits per heavy atom. The Morgan fingerprint density at radius 3 is 2.54 bits per heavy atom. The third-order valence-electron chi connectivity index (χ3n) is 5.21. The van der Waals surface area contributed by atoms with Gasteiger partial charge in [-0.05, 0) is 52.8 Å². The van der Waals surface area contributed by atoms with Crippen LogP contribution >= 0.6 is 22.9 Å². The molecule has 3 aromatic heterocycles. The average molecular weight is 513 g/mol. The summed E-state index contributed by atoms with van der Waals surface area (Å²) < 4.78 is 13.7. The Labute approximate surface area is 211 Å². The monoisotopic (exact) mass is 512 g/mol. The van der Waals surface area contributed by atoms with E-state index >= 15 is 0 Å². The van der Waals surface area contributed by atoms with E-state index in [0.29, 0.717) is 27.0 Å². The first-order chi connectivity index (χ1) is 16.4. The minimum absolute atomic E-state index is 0.146. The number of carbonyl (C=O) groups excluding carboxylic acids is 1. The lowest BCUT2D eigenvalue weighted by Gasteiger charge is -2.20. The summed E-state index contributed by atoms with van der Waals surface area (Å²) in [6, 6.07) is 12.2. The summed E-state index contributed by atoms with van der Waals surface area (Å²) in [4.78, 5) is 30.1. The molecule has 0 saturated carbocycles. The molecule has 0 aliphatic heterocycles. The Bertz CT molecular complexity index is 1430. The zero-order chi connectivity index (χ0) is 25.5. The molecule has 0 saturated heterocycles. The Morgan fingerprint density at radius 1 is 1.17 bits per heavy atom. The van der Waals surface area contributed by atoms with E-state index in [9.17, 15) is 14.7 Å². The predicted octanol–water partition coefficient (Wildman–Crippen LogP) is 6.82. The molecule has 9 heteroatoms. The average Bonchev–Trinajstić information content (AvgIpc) is 3.31. The molecule has 0 spiro atoms. The van der Waals surface area contributed by atoms with Crippen molar-refractivity contribution in [2.75, 3.05) is 0 Å². The molecule has 1 atom stereocenters. The summed E-state index contributed by atoms with van der Waals surface area (Å²) in [5.74, 6) is -1.14. The van der Waals surface area contributed by atoms with Gasteiger partial charge in [-0.25, -0.2) is 14.6 Å². The van der Waals surface area contributed by atoms with Crippen LogP contribution in [0.4, 0.5) is 0 Å². The van der Waals surface area contributed by atoms with E-state index < -0.39 is 23.6 Å². The molecule has 4 aromatic rings. The molecule has 0 aliphatic rings. The van der Waals surface area contributed by atoms with Gasteiger partial charge in [0.05, 0.1) is 21.8 Å². The van der Waals surface area contributed by atoms with Gasteiger partial charge in [-0.3, -0.25) is 4.40 Å². The Hall–Kier alpha value is -3.36. The minimum atomic E-state index is -1.03. The maximum absolute atomic E-state index is 13.1. The number of thiophene rings is 1. The molecule has 4 rings (SSSR count). The van der Waals surface area contributed by atoms with Crippen molar-refractivity contribution in [3.8, 4) is 16.3 Å². The number of hydrogen-bond acceptors (Lipinski definition) is 6. The van der Waals surface area contributed by atoms with E-state index in [1.807, 2.05) is 32.0 Å². The van der Waals surface area contributed by atoms with Crippen molar-refractivity contribution in [1.82, 2.24) is 9.38 Å². The van der Waals surface area contributed by atoms with E-state index in [4.69, 9.17) is 21.1 Å². The van der Waals surface area contributed by atoms with Gasteiger partial charge in [-0.15, -0.1) is 11.3 Å². The predicted molar refractivity (Wildman–Crippen MR) is 136 cm³/mol. The second kappa shape index (κ2) is 9.36. The van der Waals surface area contributed by atoms with Crippen LogP contribution in [0.15, 0.2) is 48.7 Å². The fourth-order valence-corrected chi connectivity index (χ4v) is 5.05. The largest absolute Gasteiger partial charge is 0.484 e. The lowest BCUT2D eigenvalue weighted by molar-refractivity contribution is 0.00704. The molecule has 0 radical (unpaired) electrons. The van der Waals surface area contributed by atoms with Crippen LogP contribution in [-0.4, -0.2) is 32.0 Å². The van der Waals surface area contributed by atoms with Crippen molar-refractivity contribution < 1.29 is 24.2 Å². The number of fused-ring (bicyclic) bond motifs is 1. The van der Waals surface area contributed by atoms with Crippen LogP contribution in [0, 0.1) is 6.92 Å². The number of rotatable bonds is 6. The molecule has 1 unspecified atom stereocenters. The summed E-state index contributed by atoms with van der Waals surface area (Å²) in [5, 5.41) is 9.89. The van der Waals surface area contributed by atoms with Gasteiger partial charge < -0.3 is 14.6 Å². The minimum Gasteiger partial charge on any atom is -0.484 e. The van der Waals surface area contributed by atoms with Crippen LogP contribution < -0.4 is 4.74 Å². The highest BCUT2D eigenvalue weighted by atomic mass is 35.5. The second-order valence-corrected chi connectivity index (χ2v) is 10.5. The molecule has 1 aromatic carbocycles. The van der Waals surface area contributed by atoms with E-state index in [0.717, 1.165) is 16.1 Å². The number of carbonyl (C=O) groups is 2. The summed E-state index contributed by atoms with van der Waals surface area (Å²) in [6.45, 7) is 9.12. The first-order valence-electron chi connectivity index (χ1n) is 10.9. The molecule has 35 heavy (non-hydrogen) atoms. The second-order valence-electron chi connectivity index (χ2n) is 9.08. The molecule has 7 nitrogen and oxygen atoms in total. The van der Waals surface area contributed by atoms with E-state index in [-0.39, 0.29) is 5.56 Å². The summed E-state index contributed by atoms with van der Waals surface area (Å²) >= 11 is 7.60. The third kappa shape index (κ3) is 5.18. The highest BCUT2D eigenvalue weighted by molar-refractivity contribution is 7.17. The van der Waals surface area contributed by atoms with Gasteiger partial charge in [-0.1, -0.05) is 29.8 Å².